The van der Waals surface area contributed by atoms with Gasteiger partial charge in [-0.15, -0.1) is 10.2 Å². The van der Waals surface area contributed by atoms with Crippen molar-refractivity contribution in [1.82, 2.24) is 15.1 Å². The highest BCUT2D eigenvalue weighted by molar-refractivity contribution is 5.76. The number of hydrogen-bond acceptors (Lipinski definition) is 8. The molecule has 21 heavy (non-hydrogen) atoms. The Hall–Kier alpha value is -2.19. The maximum absolute atomic E-state index is 11.7. The Kier molecular flexibility index (Phi) is 3.72. The van der Waals surface area contributed by atoms with Gasteiger partial charge in [0, 0.05) is 13.0 Å². The third kappa shape index (κ3) is 2.81. The van der Waals surface area contributed by atoms with E-state index in [1.54, 1.807) is 17.0 Å². The SMILES string of the molecule is COC(=O)[C@@H]1C[C@@H](O)CN1Cc1nnc(-c2ccco2)o1. The molecular weight excluding hydrogens is 278 g/mol. The Labute approximate surface area is 120 Å². The first-order valence-electron chi connectivity index (χ1n) is 6.53. The Morgan fingerprint density at radius 1 is 1.57 bits per heavy atom. The molecule has 1 saturated heterocycles. The molecular formula is C13H15N3O5. The second-order valence-corrected chi connectivity index (χ2v) is 4.84. The van der Waals surface area contributed by atoms with E-state index in [0.29, 0.717) is 24.6 Å². The number of rotatable bonds is 4. The van der Waals surface area contributed by atoms with Crippen LogP contribution in [0.5, 0.6) is 0 Å². The molecule has 0 bridgehead atoms. The maximum atomic E-state index is 11.7. The number of aliphatic hydroxyl groups is 1. The molecule has 0 spiro atoms. The molecule has 0 amide bonds. The summed E-state index contributed by atoms with van der Waals surface area (Å²) >= 11 is 0. The zero-order valence-corrected chi connectivity index (χ0v) is 11.4. The van der Waals surface area contributed by atoms with Gasteiger partial charge >= 0.3 is 5.97 Å². The van der Waals surface area contributed by atoms with Crippen LogP contribution in [0.1, 0.15) is 12.3 Å². The van der Waals surface area contributed by atoms with Crippen molar-refractivity contribution in [2.75, 3.05) is 13.7 Å². The number of nitrogens with zero attached hydrogens (tertiary/aromatic N) is 3. The molecule has 1 fully saturated rings. The summed E-state index contributed by atoms with van der Waals surface area (Å²) in [7, 11) is 1.33. The lowest BCUT2D eigenvalue weighted by atomic mass is 10.2. The zero-order valence-electron chi connectivity index (χ0n) is 11.4. The summed E-state index contributed by atoms with van der Waals surface area (Å²) in [6.45, 7) is 0.628. The summed E-state index contributed by atoms with van der Waals surface area (Å²) in [6, 6.07) is 2.95. The van der Waals surface area contributed by atoms with Gasteiger partial charge in [-0.25, -0.2) is 0 Å². The summed E-state index contributed by atoms with van der Waals surface area (Å²) in [6.07, 6.45) is 1.29. The van der Waals surface area contributed by atoms with Gasteiger partial charge in [-0.05, 0) is 12.1 Å². The van der Waals surface area contributed by atoms with Crippen LogP contribution in [-0.4, -0.2) is 52.0 Å². The van der Waals surface area contributed by atoms with Gasteiger partial charge < -0.3 is 18.7 Å². The maximum Gasteiger partial charge on any atom is 0.323 e. The van der Waals surface area contributed by atoms with E-state index in [1.807, 2.05) is 0 Å². The number of likely N-dealkylation sites (tertiary alicyclic amines) is 1. The van der Waals surface area contributed by atoms with Crippen LogP contribution in [0.25, 0.3) is 11.7 Å². The number of carbonyl (C=O) groups is 1. The number of hydrogen-bond donors (Lipinski definition) is 1. The van der Waals surface area contributed by atoms with E-state index in [2.05, 4.69) is 10.2 Å². The third-order valence-corrected chi connectivity index (χ3v) is 3.39. The first-order chi connectivity index (χ1) is 10.2. The normalized spacial score (nSPS) is 22.6. The molecule has 0 aliphatic carbocycles. The topological polar surface area (TPSA) is 102 Å². The van der Waals surface area contributed by atoms with Crippen LogP contribution in [-0.2, 0) is 16.1 Å². The number of furan rings is 1. The molecule has 1 aliphatic heterocycles. The number of esters is 1. The molecule has 2 atom stereocenters. The third-order valence-electron chi connectivity index (χ3n) is 3.39. The van der Waals surface area contributed by atoms with Gasteiger partial charge in [-0.2, -0.15) is 0 Å². The van der Waals surface area contributed by atoms with E-state index in [0.717, 1.165) is 0 Å². The smallest absolute Gasteiger partial charge is 0.323 e. The van der Waals surface area contributed by atoms with Crippen LogP contribution in [0.2, 0.25) is 0 Å². The molecule has 2 aromatic rings. The van der Waals surface area contributed by atoms with E-state index in [1.165, 1.54) is 13.4 Å². The molecule has 0 saturated carbocycles. The van der Waals surface area contributed by atoms with Gasteiger partial charge in [0.25, 0.3) is 5.89 Å². The molecule has 1 aliphatic rings. The van der Waals surface area contributed by atoms with E-state index >= 15 is 0 Å². The molecule has 0 radical (unpaired) electrons. The molecule has 1 N–H and O–H groups in total. The van der Waals surface area contributed by atoms with Crippen molar-refractivity contribution in [3.63, 3.8) is 0 Å². The van der Waals surface area contributed by atoms with Gasteiger partial charge in [-0.1, -0.05) is 0 Å². The van der Waals surface area contributed by atoms with E-state index in [4.69, 9.17) is 13.6 Å². The summed E-state index contributed by atoms with van der Waals surface area (Å²) in [5.74, 6) is 0.741. The van der Waals surface area contributed by atoms with Crippen LogP contribution >= 0.6 is 0 Å². The van der Waals surface area contributed by atoms with Crippen LogP contribution in [0.15, 0.2) is 27.2 Å². The lowest BCUT2D eigenvalue weighted by molar-refractivity contribution is -0.146. The molecule has 3 rings (SSSR count). The molecule has 0 aromatic carbocycles. The average Bonchev–Trinajstić information content (AvgIpc) is 3.18. The van der Waals surface area contributed by atoms with Gasteiger partial charge in [0.2, 0.25) is 5.89 Å². The average molecular weight is 293 g/mol. The van der Waals surface area contributed by atoms with Crippen molar-refractivity contribution in [3.8, 4) is 11.7 Å². The summed E-state index contributed by atoms with van der Waals surface area (Å²) in [5.41, 5.74) is 0. The Balaban J connectivity index is 1.72. The fraction of sp³-hybridized carbons (Fsp3) is 0.462. The van der Waals surface area contributed by atoms with Crippen LogP contribution in [0.4, 0.5) is 0 Å². The summed E-state index contributed by atoms with van der Waals surface area (Å²) < 4.78 is 15.4. The van der Waals surface area contributed by atoms with E-state index < -0.39 is 12.1 Å². The molecule has 2 aromatic heterocycles. The minimum absolute atomic E-state index is 0.268. The number of aromatic nitrogens is 2. The van der Waals surface area contributed by atoms with Gasteiger partial charge in [-0.3, -0.25) is 9.69 Å². The number of ether oxygens (including phenoxy) is 1. The Morgan fingerprint density at radius 3 is 3.14 bits per heavy atom. The second kappa shape index (κ2) is 5.66. The molecule has 112 valence electrons. The van der Waals surface area contributed by atoms with Gasteiger partial charge in [0.15, 0.2) is 5.76 Å². The van der Waals surface area contributed by atoms with Crippen molar-refractivity contribution in [1.29, 1.82) is 0 Å². The lowest BCUT2D eigenvalue weighted by Crippen LogP contribution is -2.36. The highest BCUT2D eigenvalue weighted by Gasteiger charge is 2.37. The largest absolute Gasteiger partial charge is 0.468 e. The van der Waals surface area contributed by atoms with Crippen LogP contribution < -0.4 is 0 Å². The number of β-amino-alcohol motifs (C(OH)–C–C–N with tert-alkyl or cyclic N) is 1. The fourth-order valence-corrected chi connectivity index (χ4v) is 2.43. The first-order valence-corrected chi connectivity index (χ1v) is 6.53. The number of methoxy groups -OCH3 is 1. The van der Waals surface area contributed by atoms with Crippen molar-refractivity contribution < 1.29 is 23.5 Å². The second-order valence-electron chi connectivity index (χ2n) is 4.84. The Morgan fingerprint density at radius 2 is 2.43 bits per heavy atom. The number of carbonyl (C=O) groups excluding carboxylic acids is 1. The predicted octanol–water partition coefficient (Wildman–Crippen LogP) is 0.438. The number of aliphatic hydroxyl groups excluding tert-OH is 1. The van der Waals surface area contributed by atoms with Crippen molar-refractivity contribution in [2.45, 2.75) is 25.1 Å². The quantitative estimate of drug-likeness (QED) is 0.810. The first kappa shape index (κ1) is 13.8. The summed E-state index contributed by atoms with van der Waals surface area (Å²) in [5, 5.41) is 17.5. The van der Waals surface area contributed by atoms with Gasteiger partial charge in [0.05, 0.1) is 26.0 Å². The molecule has 0 unspecified atom stereocenters. The van der Waals surface area contributed by atoms with Crippen LogP contribution in [0.3, 0.4) is 0 Å². The van der Waals surface area contributed by atoms with Gasteiger partial charge in [0.1, 0.15) is 6.04 Å². The van der Waals surface area contributed by atoms with E-state index in [9.17, 15) is 9.90 Å². The molecule has 3 heterocycles. The lowest BCUT2D eigenvalue weighted by Gasteiger charge is -2.19. The van der Waals surface area contributed by atoms with Crippen molar-refractivity contribution >= 4 is 5.97 Å². The minimum Gasteiger partial charge on any atom is -0.468 e. The standard InChI is InChI=1S/C13H15N3O5/c1-19-13(18)9-5-8(17)6-16(9)7-11-14-15-12(21-11)10-3-2-4-20-10/h2-4,8-9,17H,5-7H2,1H3/t8-,9+/m1/s1. The molecule has 8 heteroatoms. The highest BCUT2D eigenvalue weighted by atomic mass is 16.5. The monoisotopic (exact) mass is 293 g/mol. The molecule has 8 nitrogen and oxygen atoms in total. The zero-order chi connectivity index (χ0) is 14.8. The predicted molar refractivity (Wildman–Crippen MR) is 68.8 cm³/mol. The minimum atomic E-state index is -0.568. The van der Waals surface area contributed by atoms with Crippen molar-refractivity contribution in [2.24, 2.45) is 0 Å². The summed E-state index contributed by atoms with van der Waals surface area (Å²) in [4.78, 5) is 13.5. The Bertz CT molecular complexity index is 609. The fourth-order valence-electron chi connectivity index (χ4n) is 2.43. The van der Waals surface area contributed by atoms with Crippen LogP contribution in [0, 0.1) is 0 Å². The highest BCUT2D eigenvalue weighted by Crippen LogP contribution is 2.23. The van der Waals surface area contributed by atoms with Crippen molar-refractivity contribution in [3.05, 3.63) is 24.3 Å². The van der Waals surface area contributed by atoms with E-state index in [-0.39, 0.29) is 18.4 Å².